The second-order valence-corrected chi connectivity index (χ2v) is 7.51. The molecule has 0 saturated heterocycles. The van der Waals surface area contributed by atoms with Crippen LogP contribution in [-0.4, -0.2) is 24.3 Å². The summed E-state index contributed by atoms with van der Waals surface area (Å²) in [6.07, 6.45) is 0.429. The van der Waals surface area contributed by atoms with E-state index in [4.69, 9.17) is 11.6 Å². The van der Waals surface area contributed by atoms with E-state index in [1.807, 2.05) is 0 Å². The predicted octanol–water partition coefficient (Wildman–Crippen LogP) is 2.44. The molecule has 1 atom stereocenters. The van der Waals surface area contributed by atoms with Gasteiger partial charge < -0.3 is 5.11 Å². The first-order valence-corrected chi connectivity index (χ1v) is 8.57. The van der Waals surface area contributed by atoms with Gasteiger partial charge in [0, 0.05) is 22.2 Å². The van der Waals surface area contributed by atoms with Crippen LogP contribution in [0.25, 0.3) is 0 Å². The van der Waals surface area contributed by atoms with Crippen LogP contribution in [0.15, 0.2) is 35.8 Å². The van der Waals surface area contributed by atoms with Crippen molar-refractivity contribution in [3.8, 4) is 0 Å². The molecular weight excluding hydrogens is 306 g/mol. The van der Waals surface area contributed by atoms with Gasteiger partial charge in [0.25, 0.3) is 0 Å². The fraction of sp³-hybridized carbons (Fsp3) is 0.250. The Morgan fingerprint density at radius 2 is 2.11 bits per heavy atom. The maximum atomic E-state index is 12.0. The van der Waals surface area contributed by atoms with E-state index in [-0.39, 0.29) is 11.5 Å². The van der Waals surface area contributed by atoms with Gasteiger partial charge >= 0.3 is 0 Å². The van der Waals surface area contributed by atoms with E-state index in [0.29, 0.717) is 15.6 Å². The smallest absolute Gasteiger partial charge is 0.159 e. The third-order valence-electron chi connectivity index (χ3n) is 2.50. The van der Waals surface area contributed by atoms with Crippen LogP contribution in [0, 0.1) is 0 Å². The molecule has 4 nitrogen and oxygen atoms in total. The fourth-order valence-electron chi connectivity index (χ4n) is 1.65. The van der Waals surface area contributed by atoms with Crippen LogP contribution in [0.5, 0.6) is 0 Å². The molecule has 0 amide bonds. The molecule has 102 valence electrons. The molecule has 0 radical (unpaired) electrons. The van der Waals surface area contributed by atoms with Crippen molar-refractivity contribution in [3.63, 3.8) is 0 Å². The van der Waals surface area contributed by atoms with Crippen LogP contribution in [-0.2, 0) is 15.6 Å². The van der Waals surface area contributed by atoms with Gasteiger partial charge in [0.2, 0.25) is 0 Å². The first-order chi connectivity index (χ1) is 8.98. The molecule has 0 fully saturated rings. The lowest BCUT2D eigenvalue weighted by molar-refractivity contribution is 0.201. The maximum absolute atomic E-state index is 12.0. The van der Waals surface area contributed by atoms with Crippen LogP contribution in [0.2, 0.25) is 5.02 Å². The highest BCUT2D eigenvalue weighted by Crippen LogP contribution is 2.24. The number of hydrogen-bond donors (Lipinski definition) is 1. The molecule has 0 bridgehead atoms. The van der Waals surface area contributed by atoms with Gasteiger partial charge in [-0.25, -0.2) is 13.4 Å². The van der Waals surface area contributed by atoms with E-state index in [9.17, 15) is 13.5 Å². The number of aliphatic hydroxyl groups is 1. The van der Waals surface area contributed by atoms with Crippen LogP contribution in [0.3, 0.4) is 0 Å². The summed E-state index contributed by atoms with van der Waals surface area (Å²) in [5.74, 6) is -0.525. The molecule has 2 rings (SSSR count). The number of hydrogen-bond acceptors (Lipinski definition) is 5. The van der Waals surface area contributed by atoms with Crippen LogP contribution in [0.1, 0.15) is 16.7 Å². The molecular formula is C12H12ClNO3S2. The SMILES string of the molecule is O=S(=O)(Cc1nccs1)CC(O)c1ccccc1Cl. The molecule has 1 heterocycles. The van der Waals surface area contributed by atoms with Gasteiger partial charge in [0.15, 0.2) is 9.84 Å². The highest BCUT2D eigenvalue weighted by Gasteiger charge is 2.21. The number of aromatic nitrogens is 1. The van der Waals surface area contributed by atoms with Gasteiger partial charge in [0.1, 0.15) is 10.8 Å². The zero-order chi connectivity index (χ0) is 13.9. The topological polar surface area (TPSA) is 67.3 Å². The molecule has 1 aromatic carbocycles. The summed E-state index contributed by atoms with van der Waals surface area (Å²) in [6, 6.07) is 6.67. The largest absolute Gasteiger partial charge is 0.387 e. The van der Waals surface area contributed by atoms with Crippen LogP contribution < -0.4 is 0 Å². The Kier molecular flexibility index (Phi) is 4.57. The van der Waals surface area contributed by atoms with Gasteiger partial charge in [-0.15, -0.1) is 11.3 Å². The number of halogens is 1. The Morgan fingerprint density at radius 3 is 2.74 bits per heavy atom. The molecule has 0 aliphatic rings. The quantitative estimate of drug-likeness (QED) is 0.919. The van der Waals surface area contributed by atoms with Crippen molar-refractivity contribution in [2.45, 2.75) is 11.9 Å². The average molecular weight is 318 g/mol. The first-order valence-electron chi connectivity index (χ1n) is 5.49. The third kappa shape index (κ3) is 4.01. The average Bonchev–Trinajstić information content (AvgIpc) is 2.80. The van der Waals surface area contributed by atoms with Crippen molar-refractivity contribution in [1.82, 2.24) is 4.98 Å². The second kappa shape index (κ2) is 6.00. The molecule has 7 heteroatoms. The summed E-state index contributed by atoms with van der Waals surface area (Å²) in [7, 11) is -3.43. The van der Waals surface area contributed by atoms with E-state index in [1.54, 1.807) is 35.8 Å². The molecule has 1 unspecified atom stereocenters. The summed E-state index contributed by atoms with van der Waals surface area (Å²) < 4.78 is 23.9. The molecule has 2 aromatic rings. The third-order valence-corrected chi connectivity index (χ3v) is 5.35. The maximum Gasteiger partial charge on any atom is 0.159 e. The molecule has 0 spiro atoms. The highest BCUT2D eigenvalue weighted by atomic mass is 35.5. The molecule has 1 N–H and O–H groups in total. The van der Waals surface area contributed by atoms with Crippen LogP contribution >= 0.6 is 22.9 Å². The number of sulfone groups is 1. The zero-order valence-electron chi connectivity index (χ0n) is 9.86. The number of benzene rings is 1. The summed E-state index contributed by atoms with van der Waals surface area (Å²) >= 11 is 7.20. The summed E-state index contributed by atoms with van der Waals surface area (Å²) in [6.45, 7) is 0. The number of nitrogens with zero attached hydrogens (tertiary/aromatic N) is 1. The van der Waals surface area contributed by atoms with Gasteiger partial charge in [-0.3, -0.25) is 0 Å². The minimum absolute atomic E-state index is 0.161. The molecule has 1 aromatic heterocycles. The van der Waals surface area contributed by atoms with E-state index in [1.165, 1.54) is 11.3 Å². The monoisotopic (exact) mass is 317 g/mol. The van der Waals surface area contributed by atoms with Crippen molar-refractivity contribution in [3.05, 3.63) is 51.4 Å². The Labute approximate surface area is 120 Å². The molecule has 0 saturated carbocycles. The minimum Gasteiger partial charge on any atom is -0.387 e. The number of thiazole rings is 1. The lowest BCUT2D eigenvalue weighted by Gasteiger charge is -2.12. The van der Waals surface area contributed by atoms with Gasteiger partial charge in [-0.1, -0.05) is 29.8 Å². The van der Waals surface area contributed by atoms with Crippen molar-refractivity contribution < 1.29 is 13.5 Å². The Balaban J connectivity index is 2.10. The summed E-state index contributed by atoms with van der Waals surface area (Å²) in [5, 5.41) is 12.6. The lowest BCUT2D eigenvalue weighted by atomic mass is 10.1. The Bertz CT molecular complexity index is 641. The highest BCUT2D eigenvalue weighted by molar-refractivity contribution is 7.90. The minimum atomic E-state index is -3.43. The van der Waals surface area contributed by atoms with E-state index in [2.05, 4.69) is 4.98 Å². The normalized spacial score (nSPS) is 13.4. The Hall–Kier alpha value is -0.950. The lowest BCUT2D eigenvalue weighted by Crippen LogP contribution is -2.16. The molecule has 19 heavy (non-hydrogen) atoms. The predicted molar refractivity (Wildman–Crippen MR) is 76.0 cm³/mol. The summed E-state index contributed by atoms with van der Waals surface area (Å²) in [4.78, 5) is 3.93. The standard InChI is InChI=1S/C12H12ClNO3S2/c13-10-4-2-1-3-9(10)11(15)7-19(16,17)8-12-14-5-6-18-12/h1-6,11,15H,7-8H2. The van der Waals surface area contributed by atoms with E-state index >= 15 is 0 Å². The number of rotatable bonds is 5. The first kappa shape index (κ1) is 14.5. The second-order valence-electron chi connectivity index (χ2n) is 4.02. The molecule has 0 aliphatic carbocycles. The van der Waals surface area contributed by atoms with Crippen LogP contribution in [0.4, 0.5) is 0 Å². The zero-order valence-corrected chi connectivity index (χ0v) is 12.2. The van der Waals surface area contributed by atoms with Crippen molar-refractivity contribution in [2.24, 2.45) is 0 Å². The van der Waals surface area contributed by atoms with Gasteiger partial charge in [-0.05, 0) is 6.07 Å². The summed E-state index contributed by atoms with van der Waals surface area (Å²) in [5.41, 5.74) is 0.423. The van der Waals surface area contributed by atoms with Crippen molar-refractivity contribution in [2.75, 3.05) is 5.75 Å². The fourth-order valence-corrected chi connectivity index (χ4v) is 4.35. The van der Waals surface area contributed by atoms with E-state index in [0.717, 1.165) is 0 Å². The van der Waals surface area contributed by atoms with Crippen molar-refractivity contribution >= 4 is 32.8 Å². The van der Waals surface area contributed by atoms with Gasteiger partial charge in [-0.2, -0.15) is 0 Å². The van der Waals surface area contributed by atoms with Crippen molar-refractivity contribution in [1.29, 1.82) is 0 Å². The number of aliphatic hydroxyl groups excluding tert-OH is 1. The molecule has 0 aliphatic heterocycles. The Morgan fingerprint density at radius 1 is 1.37 bits per heavy atom. The van der Waals surface area contributed by atoms with E-state index < -0.39 is 15.9 Å². The van der Waals surface area contributed by atoms with Gasteiger partial charge in [0.05, 0.1) is 11.9 Å².